The van der Waals surface area contributed by atoms with Gasteiger partial charge >= 0.3 is 0 Å². The Hall–Kier alpha value is -2.35. The highest BCUT2D eigenvalue weighted by Gasteiger charge is 2.08. The predicted octanol–water partition coefficient (Wildman–Crippen LogP) is 3.81. The van der Waals surface area contributed by atoms with E-state index in [1.165, 1.54) is 11.1 Å². The van der Waals surface area contributed by atoms with Crippen molar-refractivity contribution < 1.29 is 4.79 Å². The van der Waals surface area contributed by atoms with Gasteiger partial charge in [0, 0.05) is 29.2 Å². The van der Waals surface area contributed by atoms with Crippen LogP contribution < -0.4 is 0 Å². The van der Waals surface area contributed by atoms with Gasteiger partial charge in [0.25, 0.3) is 0 Å². The smallest absolute Gasteiger partial charge is 0.152 e. The van der Waals surface area contributed by atoms with Crippen molar-refractivity contribution in [3.63, 3.8) is 0 Å². The summed E-state index contributed by atoms with van der Waals surface area (Å²) in [6.07, 6.45) is 2.87. The van der Waals surface area contributed by atoms with E-state index in [9.17, 15) is 4.79 Å². The van der Waals surface area contributed by atoms with Gasteiger partial charge in [-0.15, -0.1) is 0 Å². The molecule has 0 saturated heterocycles. The average molecular weight is 249 g/mol. The van der Waals surface area contributed by atoms with E-state index in [1.54, 1.807) is 0 Å². The highest BCUT2D eigenvalue weighted by atomic mass is 16.1. The Morgan fingerprint density at radius 3 is 2.63 bits per heavy atom. The van der Waals surface area contributed by atoms with Gasteiger partial charge in [0.1, 0.15) is 0 Å². The van der Waals surface area contributed by atoms with Crippen LogP contribution in [0.25, 0.3) is 10.9 Å². The number of aromatic nitrogens is 1. The molecule has 0 radical (unpaired) electrons. The van der Waals surface area contributed by atoms with Crippen molar-refractivity contribution in [2.75, 3.05) is 0 Å². The zero-order valence-electron chi connectivity index (χ0n) is 10.8. The van der Waals surface area contributed by atoms with E-state index in [2.05, 4.69) is 34.9 Å². The Bertz CT molecular complexity index is 726. The van der Waals surface area contributed by atoms with E-state index in [-0.39, 0.29) is 0 Å². The van der Waals surface area contributed by atoms with Crippen molar-refractivity contribution >= 4 is 17.2 Å². The Morgan fingerprint density at radius 2 is 1.89 bits per heavy atom. The fourth-order valence-corrected chi connectivity index (χ4v) is 2.44. The van der Waals surface area contributed by atoms with Gasteiger partial charge in [-0.25, -0.2) is 0 Å². The molecule has 19 heavy (non-hydrogen) atoms. The van der Waals surface area contributed by atoms with Crippen LogP contribution in [0.2, 0.25) is 0 Å². The molecule has 3 aromatic rings. The van der Waals surface area contributed by atoms with Crippen LogP contribution in [0, 0.1) is 6.92 Å². The largest absolute Gasteiger partial charge is 0.342 e. The van der Waals surface area contributed by atoms with Gasteiger partial charge < -0.3 is 4.57 Å². The Balaban J connectivity index is 2.11. The van der Waals surface area contributed by atoms with E-state index in [0.717, 1.165) is 29.3 Å². The molecule has 0 aliphatic rings. The molecule has 0 saturated carbocycles. The molecule has 0 atom stereocenters. The topological polar surface area (TPSA) is 22.0 Å². The van der Waals surface area contributed by atoms with Crippen LogP contribution in [0.5, 0.6) is 0 Å². The molecule has 0 fully saturated rings. The number of hydrogen-bond donors (Lipinski definition) is 0. The Kier molecular flexibility index (Phi) is 2.92. The minimum Gasteiger partial charge on any atom is -0.342 e. The van der Waals surface area contributed by atoms with Gasteiger partial charge in [-0.05, 0) is 24.6 Å². The van der Waals surface area contributed by atoms with Crippen molar-refractivity contribution in [1.82, 2.24) is 4.57 Å². The van der Waals surface area contributed by atoms with E-state index in [4.69, 9.17) is 0 Å². The number of fused-ring (bicyclic) bond motifs is 1. The lowest BCUT2D eigenvalue weighted by Crippen LogP contribution is -1.97. The maximum absolute atomic E-state index is 11.2. The molecule has 0 amide bonds. The van der Waals surface area contributed by atoms with E-state index >= 15 is 0 Å². The average Bonchev–Trinajstić information content (AvgIpc) is 2.77. The summed E-state index contributed by atoms with van der Waals surface area (Å²) in [5.41, 5.74) is 4.27. The molecule has 2 aromatic carbocycles. The van der Waals surface area contributed by atoms with Crippen molar-refractivity contribution in [1.29, 1.82) is 0 Å². The van der Waals surface area contributed by atoms with Gasteiger partial charge in [-0.2, -0.15) is 0 Å². The summed E-state index contributed by atoms with van der Waals surface area (Å²) >= 11 is 0. The molecule has 1 heterocycles. The van der Waals surface area contributed by atoms with Crippen LogP contribution in [0.1, 0.15) is 21.5 Å². The SMILES string of the molecule is Cc1ccc2c(c1)c(C=O)cn2Cc1ccccc1. The van der Waals surface area contributed by atoms with Crippen LogP contribution in [0.3, 0.4) is 0 Å². The standard InChI is InChI=1S/C17H15NO/c1-13-7-8-17-16(9-13)15(12-19)11-18(17)10-14-5-3-2-4-6-14/h2-9,11-12H,10H2,1H3. The normalized spacial score (nSPS) is 10.8. The van der Waals surface area contributed by atoms with Crippen LogP contribution in [0.4, 0.5) is 0 Å². The molecule has 2 heteroatoms. The fourth-order valence-electron chi connectivity index (χ4n) is 2.44. The molecule has 0 N–H and O–H groups in total. The van der Waals surface area contributed by atoms with Crippen molar-refractivity contribution in [2.45, 2.75) is 13.5 Å². The van der Waals surface area contributed by atoms with Gasteiger partial charge in [-0.1, -0.05) is 42.0 Å². The highest BCUT2D eigenvalue weighted by molar-refractivity contribution is 5.98. The van der Waals surface area contributed by atoms with Gasteiger partial charge in [-0.3, -0.25) is 4.79 Å². The number of benzene rings is 2. The van der Waals surface area contributed by atoms with Gasteiger partial charge in [0.05, 0.1) is 0 Å². The van der Waals surface area contributed by atoms with Crippen molar-refractivity contribution in [2.24, 2.45) is 0 Å². The maximum Gasteiger partial charge on any atom is 0.152 e. The van der Waals surface area contributed by atoms with Gasteiger partial charge in [0.15, 0.2) is 6.29 Å². The van der Waals surface area contributed by atoms with E-state index in [0.29, 0.717) is 0 Å². The summed E-state index contributed by atoms with van der Waals surface area (Å²) < 4.78 is 2.13. The lowest BCUT2D eigenvalue weighted by Gasteiger charge is -2.05. The highest BCUT2D eigenvalue weighted by Crippen LogP contribution is 2.22. The molecule has 2 nitrogen and oxygen atoms in total. The second-order valence-corrected chi connectivity index (χ2v) is 4.84. The minimum absolute atomic E-state index is 0.759. The Labute approximate surface area is 112 Å². The quantitative estimate of drug-likeness (QED) is 0.647. The second kappa shape index (κ2) is 4.73. The molecule has 0 unspecified atom stereocenters. The van der Waals surface area contributed by atoms with E-state index < -0.39 is 0 Å². The first-order valence-corrected chi connectivity index (χ1v) is 6.36. The van der Waals surface area contributed by atoms with Crippen LogP contribution in [-0.2, 0) is 6.54 Å². The number of aryl methyl sites for hydroxylation is 1. The molecule has 0 aliphatic heterocycles. The summed E-state index contributed by atoms with van der Waals surface area (Å²) in [5, 5.41) is 1.03. The molecule has 0 bridgehead atoms. The molecular formula is C17H15NO. The lowest BCUT2D eigenvalue weighted by atomic mass is 10.1. The zero-order chi connectivity index (χ0) is 13.2. The third kappa shape index (κ3) is 2.17. The number of aldehydes is 1. The minimum atomic E-state index is 0.759. The number of carbonyl (C=O) groups excluding carboxylic acids is 1. The molecule has 0 spiro atoms. The molecule has 0 aliphatic carbocycles. The van der Waals surface area contributed by atoms with Crippen LogP contribution in [-0.4, -0.2) is 10.9 Å². The first-order chi connectivity index (χ1) is 9.28. The first-order valence-electron chi connectivity index (χ1n) is 6.36. The Morgan fingerprint density at radius 1 is 1.11 bits per heavy atom. The van der Waals surface area contributed by atoms with E-state index in [1.807, 2.05) is 31.3 Å². The van der Waals surface area contributed by atoms with Crippen LogP contribution in [0.15, 0.2) is 54.7 Å². The van der Waals surface area contributed by atoms with Crippen molar-refractivity contribution in [3.8, 4) is 0 Å². The summed E-state index contributed by atoms with van der Waals surface area (Å²) in [6, 6.07) is 16.5. The maximum atomic E-state index is 11.2. The number of carbonyl (C=O) groups is 1. The summed E-state index contributed by atoms with van der Waals surface area (Å²) in [7, 11) is 0. The third-order valence-electron chi connectivity index (χ3n) is 3.39. The number of nitrogens with zero attached hydrogens (tertiary/aromatic N) is 1. The molecule has 3 rings (SSSR count). The monoisotopic (exact) mass is 249 g/mol. The zero-order valence-corrected chi connectivity index (χ0v) is 10.8. The lowest BCUT2D eigenvalue weighted by molar-refractivity contribution is 0.112. The van der Waals surface area contributed by atoms with Gasteiger partial charge in [0.2, 0.25) is 0 Å². The second-order valence-electron chi connectivity index (χ2n) is 4.84. The summed E-state index contributed by atoms with van der Waals surface area (Å²) in [4.78, 5) is 11.2. The molecule has 94 valence electrons. The first kappa shape index (κ1) is 11.7. The third-order valence-corrected chi connectivity index (χ3v) is 3.39. The predicted molar refractivity (Wildman–Crippen MR) is 77.6 cm³/mol. The fraction of sp³-hybridized carbons (Fsp3) is 0.118. The molecular weight excluding hydrogens is 234 g/mol. The summed E-state index contributed by atoms with van der Waals surface area (Å²) in [6.45, 7) is 2.83. The number of rotatable bonds is 3. The van der Waals surface area contributed by atoms with Crippen molar-refractivity contribution in [3.05, 3.63) is 71.4 Å². The molecule has 1 aromatic heterocycles. The number of hydrogen-bond acceptors (Lipinski definition) is 1. The summed E-state index contributed by atoms with van der Waals surface area (Å²) in [5.74, 6) is 0. The van der Waals surface area contributed by atoms with Crippen LogP contribution >= 0.6 is 0 Å².